The Labute approximate surface area is 206 Å². The number of rotatable bonds is 6. The summed E-state index contributed by atoms with van der Waals surface area (Å²) in [5.41, 5.74) is 2.89. The largest absolute Gasteiger partial charge is 0.493 e. The Kier molecular flexibility index (Phi) is 6.24. The van der Waals surface area contributed by atoms with Crippen LogP contribution in [0.15, 0.2) is 82.8 Å². The van der Waals surface area contributed by atoms with Gasteiger partial charge in [0.2, 0.25) is 5.91 Å². The molecule has 0 aliphatic carbocycles. The van der Waals surface area contributed by atoms with Gasteiger partial charge in [-0.3, -0.25) is 9.59 Å². The third kappa shape index (κ3) is 4.38. The number of para-hydroxylation sites is 1. The number of benzene rings is 3. The van der Waals surface area contributed by atoms with E-state index in [4.69, 9.17) is 14.5 Å². The number of carbonyl (C=O) groups excluding carboxylic acids is 2. The van der Waals surface area contributed by atoms with Gasteiger partial charge in [-0.25, -0.2) is 14.9 Å². The molecule has 0 fully saturated rings. The monoisotopic (exact) mass is 486 g/mol. The fourth-order valence-corrected chi connectivity index (χ4v) is 4.74. The molecule has 0 bridgehead atoms. The number of amidine groups is 2. The van der Waals surface area contributed by atoms with Gasteiger partial charge in [-0.2, -0.15) is 0 Å². The zero-order valence-corrected chi connectivity index (χ0v) is 19.9. The van der Waals surface area contributed by atoms with Crippen LogP contribution in [0, 0.1) is 0 Å². The van der Waals surface area contributed by atoms with Crippen molar-refractivity contribution in [2.75, 3.05) is 25.3 Å². The van der Waals surface area contributed by atoms with Gasteiger partial charge in [0.1, 0.15) is 5.84 Å². The van der Waals surface area contributed by atoms with Crippen LogP contribution in [-0.2, 0) is 9.59 Å². The smallest absolute Gasteiger partial charge is 0.263 e. The molecule has 0 unspecified atom stereocenters. The van der Waals surface area contributed by atoms with E-state index in [-0.39, 0.29) is 17.6 Å². The lowest BCUT2D eigenvalue weighted by atomic mass is 10.1. The predicted octanol–water partition coefficient (Wildman–Crippen LogP) is 4.41. The molecule has 3 aromatic rings. The molecule has 35 heavy (non-hydrogen) atoms. The van der Waals surface area contributed by atoms with Gasteiger partial charge in [0.05, 0.1) is 25.7 Å². The van der Waals surface area contributed by atoms with Gasteiger partial charge >= 0.3 is 0 Å². The van der Waals surface area contributed by atoms with Crippen molar-refractivity contribution < 1.29 is 19.1 Å². The molecule has 3 aromatic carbocycles. The van der Waals surface area contributed by atoms with Crippen molar-refractivity contribution in [3.05, 3.63) is 83.9 Å². The molecule has 176 valence electrons. The topological polar surface area (TPSA) is 92.6 Å². The van der Waals surface area contributed by atoms with E-state index in [0.717, 1.165) is 11.1 Å². The Morgan fingerprint density at radius 2 is 1.74 bits per heavy atom. The molecule has 5 rings (SSSR count). The van der Waals surface area contributed by atoms with Gasteiger partial charge in [-0.15, -0.1) is 0 Å². The number of fused-ring (bicyclic) bond motifs is 3. The van der Waals surface area contributed by atoms with Gasteiger partial charge in [0.15, 0.2) is 22.7 Å². The number of nitrogens with one attached hydrogen (secondary N) is 1. The molecule has 8 nitrogen and oxygen atoms in total. The average molecular weight is 487 g/mol. The van der Waals surface area contributed by atoms with Crippen molar-refractivity contribution in [1.29, 1.82) is 0 Å². The number of carbonyl (C=O) groups is 2. The second-order valence-corrected chi connectivity index (χ2v) is 8.70. The predicted molar refractivity (Wildman–Crippen MR) is 137 cm³/mol. The van der Waals surface area contributed by atoms with Crippen LogP contribution >= 0.6 is 11.8 Å². The van der Waals surface area contributed by atoms with Crippen molar-refractivity contribution in [3.63, 3.8) is 0 Å². The maximum atomic E-state index is 13.4. The number of methoxy groups -OCH3 is 2. The van der Waals surface area contributed by atoms with E-state index in [1.165, 1.54) is 23.8 Å². The molecule has 0 radical (unpaired) electrons. The lowest BCUT2D eigenvalue weighted by Crippen LogP contribution is -2.40. The molecule has 2 heterocycles. The number of ether oxygens (including phenoxy) is 2. The highest BCUT2D eigenvalue weighted by Crippen LogP contribution is 2.37. The number of thioether (sulfide) groups is 1. The van der Waals surface area contributed by atoms with Crippen LogP contribution in [0.3, 0.4) is 0 Å². The summed E-state index contributed by atoms with van der Waals surface area (Å²) in [5, 5.41) is 3.27. The van der Waals surface area contributed by atoms with Crippen LogP contribution in [0.25, 0.3) is 0 Å². The molecule has 2 amide bonds. The Balaban J connectivity index is 1.36. The lowest BCUT2D eigenvalue weighted by molar-refractivity contribution is -0.124. The first-order chi connectivity index (χ1) is 17.1. The van der Waals surface area contributed by atoms with Gasteiger partial charge < -0.3 is 14.8 Å². The summed E-state index contributed by atoms with van der Waals surface area (Å²) in [6.45, 7) is 0. The van der Waals surface area contributed by atoms with Crippen molar-refractivity contribution in [2.24, 2.45) is 9.98 Å². The fourth-order valence-electron chi connectivity index (χ4n) is 3.94. The highest BCUT2D eigenvalue weighted by Gasteiger charge is 2.42. The minimum atomic E-state index is -0.649. The standard InChI is InChI=1S/C26H22N4O4S/c1-33-20-13-12-17(14-21(20)34-2)27-22(31)15-35-26-28-19-11-7-6-10-18(19)24-29-23(25(32)30(24)26)16-8-4-3-5-9-16/h3-14,23H,15H2,1-2H3,(H,27,31)/t23-/m0/s1. The zero-order valence-electron chi connectivity index (χ0n) is 19.1. The lowest BCUT2D eigenvalue weighted by Gasteiger charge is -2.25. The molecule has 0 spiro atoms. The van der Waals surface area contributed by atoms with Crippen LogP contribution in [0.4, 0.5) is 11.4 Å². The maximum Gasteiger partial charge on any atom is 0.263 e. The summed E-state index contributed by atoms with van der Waals surface area (Å²) in [4.78, 5) is 37.1. The van der Waals surface area contributed by atoms with Crippen LogP contribution < -0.4 is 14.8 Å². The summed E-state index contributed by atoms with van der Waals surface area (Å²) in [6, 6.07) is 21.5. The van der Waals surface area contributed by atoms with Gasteiger partial charge in [-0.05, 0) is 29.8 Å². The second-order valence-electron chi connectivity index (χ2n) is 7.76. The number of hydrogen-bond acceptors (Lipinski definition) is 7. The third-order valence-corrected chi connectivity index (χ3v) is 6.52. The first-order valence-corrected chi connectivity index (χ1v) is 11.9. The second kappa shape index (κ2) is 9.63. The van der Waals surface area contributed by atoms with E-state index in [1.54, 1.807) is 25.3 Å². The van der Waals surface area contributed by atoms with Crippen molar-refractivity contribution in [3.8, 4) is 11.5 Å². The van der Waals surface area contributed by atoms with Crippen molar-refractivity contribution in [1.82, 2.24) is 4.90 Å². The van der Waals surface area contributed by atoms with E-state index in [2.05, 4.69) is 10.3 Å². The normalized spacial score (nSPS) is 16.1. The van der Waals surface area contributed by atoms with Gasteiger partial charge in [0.25, 0.3) is 5.91 Å². The van der Waals surface area contributed by atoms with Crippen LogP contribution in [0.5, 0.6) is 11.5 Å². The molecule has 2 aliphatic heterocycles. The molecular formula is C26H22N4O4S. The van der Waals surface area contributed by atoms with Gasteiger partial charge in [0, 0.05) is 17.3 Å². The Hall–Kier alpha value is -4.11. The molecule has 9 heteroatoms. The van der Waals surface area contributed by atoms with E-state index < -0.39 is 6.04 Å². The Bertz CT molecular complexity index is 1360. The third-order valence-electron chi connectivity index (χ3n) is 5.58. The highest BCUT2D eigenvalue weighted by atomic mass is 32.2. The minimum Gasteiger partial charge on any atom is -0.493 e. The molecule has 0 saturated carbocycles. The SMILES string of the molecule is COc1ccc(NC(=O)CSC2=Nc3ccccc3C3=N[C@@H](c4ccccc4)C(=O)N23)cc1OC. The number of anilines is 1. The number of nitrogens with zero attached hydrogens (tertiary/aromatic N) is 3. The van der Waals surface area contributed by atoms with Crippen LogP contribution in [0.2, 0.25) is 0 Å². The quantitative estimate of drug-likeness (QED) is 0.557. The summed E-state index contributed by atoms with van der Waals surface area (Å²) < 4.78 is 10.5. The first kappa shape index (κ1) is 22.7. The van der Waals surface area contributed by atoms with Crippen molar-refractivity contribution in [2.45, 2.75) is 6.04 Å². The highest BCUT2D eigenvalue weighted by molar-refractivity contribution is 8.14. The van der Waals surface area contributed by atoms with Crippen LogP contribution in [-0.4, -0.2) is 47.7 Å². The van der Waals surface area contributed by atoms with E-state index in [1.807, 2.05) is 54.6 Å². The average Bonchev–Trinajstić information content (AvgIpc) is 3.25. The number of amides is 2. The Morgan fingerprint density at radius 1 is 1.00 bits per heavy atom. The number of hydrogen-bond donors (Lipinski definition) is 1. The minimum absolute atomic E-state index is 0.0579. The fraction of sp³-hybridized carbons (Fsp3) is 0.154. The summed E-state index contributed by atoms with van der Waals surface area (Å²) in [6.07, 6.45) is 0. The zero-order chi connectivity index (χ0) is 24.4. The van der Waals surface area contributed by atoms with Crippen molar-refractivity contribution >= 4 is 46.0 Å². The van der Waals surface area contributed by atoms with E-state index >= 15 is 0 Å². The van der Waals surface area contributed by atoms with Gasteiger partial charge in [-0.1, -0.05) is 54.2 Å². The van der Waals surface area contributed by atoms with E-state index in [9.17, 15) is 9.59 Å². The maximum absolute atomic E-state index is 13.4. The summed E-state index contributed by atoms with van der Waals surface area (Å²) in [5.74, 6) is 1.27. The van der Waals surface area contributed by atoms with E-state index in [0.29, 0.717) is 33.9 Å². The molecule has 2 aliphatic rings. The molecule has 1 N–H and O–H groups in total. The molecule has 0 aromatic heterocycles. The molecule has 1 atom stereocenters. The Morgan fingerprint density at radius 3 is 2.51 bits per heavy atom. The molecular weight excluding hydrogens is 464 g/mol. The molecule has 0 saturated heterocycles. The number of aliphatic imine (C=N–C) groups is 2. The summed E-state index contributed by atoms with van der Waals surface area (Å²) >= 11 is 1.19. The summed E-state index contributed by atoms with van der Waals surface area (Å²) in [7, 11) is 3.09. The van der Waals surface area contributed by atoms with Crippen LogP contribution in [0.1, 0.15) is 17.2 Å². The first-order valence-electron chi connectivity index (χ1n) is 10.9.